The van der Waals surface area contributed by atoms with Gasteiger partial charge >= 0.3 is 0 Å². The third-order valence-electron chi connectivity index (χ3n) is 5.72. The molecule has 0 radical (unpaired) electrons. The Morgan fingerprint density at radius 2 is 1.23 bits per heavy atom. The summed E-state index contributed by atoms with van der Waals surface area (Å²) in [7, 11) is 0. The van der Waals surface area contributed by atoms with Gasteiger partial charge in [-0.05, 0) is 58.3 Å². The highest BCUT2D eigenvalue weighted by molar-refractivity contribution is 4.81. The van der Waals surface area contributed by atoms with Crippen molar-refractivity contribution in [3.8, 4) is 0 Å². The summed E-state index contributed by atoms with van der Waals surface area (Å²) >= 11 is 0. The van der Waals surface area contributed by atoms with Crippen LogP contribution in [-0.2, 0) is 0 Å². The van der Waals surface area contributed by atoms with E-state index in [1.54, 1.807) is 0 Å². The summed E-state index contributed by atoms with van der Waals surface area (Å²) in [6.07, 6.45) is 18.8. The van der Waals surface area contributed by atoms with Gasteiger partial charge in [0.1, 0.15) is 0 Å². The molecule has 2 aliphatic rings. The first-order valence-electron chi connectivity index (χ1n) is 10.4. The van der Waals surface area contributed by atoms with E-state index in [-0.39, 0.29) is 0 Å². The second-order valence-corrected chi connectivity index (χ2v) is 7.67. The molecule has 0 saturated carbocycles. The molecule has 0 aromatic carbocycles. The highest BCUT2D eigenvalue weighted by Gasteiger charge is 2.24. The second-order valence-electron chi connectivity index (χ2n) is 7.67. The Morgan fingerprint density at radius 3 is 1.86 bits per heavy atom. The summed E-state index contributed by atoms with van der Waals surface area (Å²) in [5.41, 5.74) is 0. The summed E-state index contributed by atoms with van der Waals surface area (Å²) in [6, 6.07) is 0.862. The van der Waals surface area contributed by atoms with Crippen molar-refractivity contribution in [3.05, 3.63) is 0 Å². The molecule has 2 fully saturated rings. The van der Waals surface area contributed by atoms with Gasteiger partial charge in [-0.15, -0.1) is 0 Å². The van der Waals surface area contributed by atoms with Gasteiger partial charge in [0.2, 0.25) is 0 Å². The predicted octanol–water partition coefficient (Wildman–Crippen LogP) is 5.08. The lowest BCUT2D eigenvalue weighted by atomic mass is 10.0. The third-order valence-corrected chi connectivity index (χ3v) is 5.72. The van der Waals surface area contributed by atoms with Crippen LogP contribution in [0, 0.1) is 0 Å². The minimum Gasteiger partial charge on any atom is -0.302 e. The summed E-state index contributed by atoms with van der Waals surface area (Å²) < 4.78 is 0. The van der Waals surface area contributed by atoms with Crippen LogP contribution < -0.4 is 0 Å². The van der Waals surface area contributed by atoms with E-state index in [1.165, 1.54) is 116 Å². The van der Waals surface area contributed by atoms with Crippen molar-refractivity contribution >= 4 is 0 Å². The van der Waals surface area contributed by atoms with E-state index in [2.05, 4.69) is 16.7 Å². The van der Waals surface area contributed by atoms with Crippen molar-refractivity contribution in [3.63, 3.8) is 0 Å². The molecule has 0 unspecified atom stereocenters. The van der Waals surface area contributed by atoms with Crippen LogP contribution in [-0.4, -0.2) is 48.6 Å². The van der Waals surface area contributed by atoms with E-state index in [9.17, 15) is 0 Å². The number of rotatable bonds is 12. The molecule has 2 heterocycles. The maximum Gasteiger partial charge on any atom is 0.0223 e. The average Bonchev–Trinajstić information content (AvgIpc) is 3.21. The van der Waals surface area contributed by atoms with E-state index < -0.39 is 0 Å². The molecule has 130 valence electrons. The Bertz CT molecular complexity index is 254. The molecule has 0 amide bonds. The van der Waals surface area contributed by atoms with E-state index in [1.807, 2.05) is 0 Å². The number of unbranched alkanes of at least 4 members (excludes halogenated alkanes) is 7. The first-order valence-corrected chi connectivity index (χ1v) is 10.4. The highest BCUT2D eigenvalue weighted by atomic mass is 15.2. The van der Waals surface area contributed by atoms with Gasteiger partial charge in [-0.3, -0.25) is 4.90 Å². The quantitative estimate of drug-likeness (QED) is 0.464. The van der Waals surface area contributed by atoms with E-state index >= 15 is 0 Å². The van der Waals surface area contributed by atoms with Crippen molar-refractivity contribution in [2.45, 2.75) is 96.4 Å². The Hall–Kier alpha value is -0.0800. The zero-order valence-corrected chi connectivity index (χ0v) is 15.2. The van der Waals surface area contributed by atoms with Crippen molar-refractivity contribution < 1.29 is 0 Å². The molecule has 0 N–H and O–H groups in total. The fraction of sp³-hybridized carbons (Fsp3) is 1.00. The Kier molecular flexibility index (Phi) is 9.51. The molecule has 0 spiro atoms. The van der Waals surface area contributed by atoms with Gasteiger partial charge in [0.05, 0.1) is 0 Å². The lowest BCUT2D eigenvalue weighted by Crippen LogP contribution is -2.41. The maximum absolute atomic E-state index is 2.81. The average molecular weight is 309 g/mol. The molecule has 1 atom stereocenters. The van der Waals surface area contributed by atoms with Gasteiger partial charge in [-0.1, -0.05) is 58.3 Å². The number of hydrogen-bond acceptors (Lipinski definition) is 2. The summed E-state index contributed by atoms with van der Waals surface area (Å²) in [5.74, 6) is 0. The van der Waals surface area contributed by atoms with Gasteiger partial charge in [0.15, 0.2) is 0 Å². The SMILES string of the molecule is CCCCCCCCCC[C@@H](CN1CCCC1)N1CCCC1. The van der Waals surface area contributed by atoms with Gasteiger partial charge < -0.3 is 4.90 Å². The van der Waals surface area contributed by atoms with Crippen LogP contribution >= 0.6 is 0 Å². The molecule has 0 aliphatic carbocycles. The van der Waals surface area contributed by atoms with Gasteiger partial charge in [-0.25, -0.2) is 0 Å². The molecule has 2 aliphatic heterocycles. The molecule has 2 heteroatoms. The van der Waals surface area contributed by atoms with Crippen LogP contribution in [0.5, 0.6) is 0 Å². The molecular formula is C20H40N2. The van der Waals surface area contributed by atoms with Crippen LogP contribution in [0.1, 0.15) is 90.4 Å². The standard InChI is InChI=1S/C20H40N2/c1-2-3-4-5-6-7-8-9-14-20(22-17-12-13-18-22)19-21-15-10-11-16-21/h20H,2-19H2,1H3/t20-/m0/s1. The monoisotopic (exact) mass is 308 g/mol. The van der Waals surface area contributed by atoms with E-state index in [4.69, 9.17) is 0 Å². The third kappa shape index (κ3) is 7.00. The minimum atomic E-state index is 0.862. The number of hydrogen-bond donors (Lipinski definition) is 0. The van der Waals surface area contributed by atoms with E-state index in [0.29, 0.717) is 0 Å². The molecular weight excluding hydrogens is 268 g/mol. The van der Waals surface area contributed by atoms with Crippen LogP contribution in [0.3, 0.4) is 0 Å². The van der Waals surface area contributed by atoms with Crippen molar-refractivity contribution in [1.29, 1.82) is 0 Å². The molecule has 0 aromatic rings. The minimum absolute atomic E-state index is 0.862. The maximum atomic E-state index is 2.81. The summed E-state index contributed by atoms with van der Waals surface area (Å²) in [4.78, 5) is 5.54. The smallest absolute Gasteiger partial charge is 0.0223 e. The van der Waals surface area contributed by atoms with Crippen molar-refractivity contribution in [2.24, 2.45) is 0 Å². The lowest BCUT2D eigenvalue weighted by Gasteiger charge is -2.31. The number of nitrogens with zero attached hydrogens (tertiary/aromatic N) is 2. The Balaban J connectivity index is 1.57. The Morgan fingerprint density at radius 1 is 0.682 bits per heavy atom. The zero-order chi connectivity index (χ0) is 15.5. The fourth-order valence-corrected chi connectivity index (χ4v) is 4.27. The predicted molar refractivity (Wildman–Crippen MR) is 97.5 cm³/mol. The molecule has 2 saturated heterocycles. The van der Waals surface area contributed by atoms with Crippen LogP contribution in [0.25, 0.3) is 0 Å². The normalized spacial score (nSPS) is 21.7. The van der Waals surface area contributed by atoms with Crippen LogP contribution in [0.4, 0.5) is 0 Å². The lowest BCUT2D eigenvalue weighted by molar-refractivity contribution is 0.167. The molecule has 22 heavy (non-hydrogen) atoms. The zero-order valence-electron chi connectivity index (χ0n) is 15.2. The fourth-order valence-electron chi connectivity index (χ4n) is 4.27. The van der Waals surface area contributed by atoms with Crippen molar-refractivity contribution in [1.82, 2.24) is 9.80 Å². The van der Waals surface area contributed by atoms with Gasteiger partial charge in [0, 0.05) is 12.6 Å². The van der Waals surface area contributed by atoms with Crippen LogP contribution in [0.2, 0.25) is 0 Å². The topological polar surface area (TPSA) is 6.48 Å². The summed E-state index contributed by atoms with van der Waals surface area (Å²) in [6.45, 7) is 9.13. The highest BCUT2D eigenvalue weighted by Crippen LogP contribution is 2.20. The van der Waals surface area contributed by atoms with E-state index in [0.717, 1.165) is 6.04 Å². The Labute approximate surface area is 139 Å². The molecule has 2 nitrogen and oxygen atoms in total. The summed E-state index contributed by atoms with van der Waals surface area (Å²) in [5, 5.41) is 0. The largest absolute Gasteiger partial charge is 0.302 e. The van der Waals surface area contributed by atoms with Gasteiger partial charge in [-0.2, -0.15) is 0 Å². The molecule has 2 rings (SSSR count). The van der Waals surface area contributed by atoms with Crippen LogP contribution in [0.15, 0.2) is 0 Å². The van der Waals surface area contributed by atoms with Gasteiger partial charge in [0.25, 0.3) is 0 Å². The molecule has 0 aromatic heterocycles. The second kappa shape index (κ2) is 11.5. The number of likely N-dealkylation sites (tertiary alicyclic amines) is 2. The molecule has 0 bridgehead atoms. The first-order chi connectivity index (χ1) is 10.9. The first kappa shape index (κ1) is 18.3. The van der Waals surface area contributed by atoms with Crippen molar-refractivity contribution in [2.75, 3.05) is 32.7 Å².